The first-order chi connectivity index (χ1) is 7.29. The van der Waals surface area contributed by atoms with Gasteiger partial charge in [0.15, 0.2) is 0 Å². The monoisotopic (exact) mass is 237 g/mol. The molecule has 1 aliphatic rings. The summed E-state index contributed by atoms with van der Waals surface area (Å²) in [6.45, 7) is 8.42. The Bertz CT molecular complexity index is 225. The quantitative estimate of drug-likeness (QED) is 0.723. The van der Waals surface area contributed by atoms with E-state index in [2.05, 4.69) is 0 Å². The lowest BCUT2D eigenvalue weighted by atomic mass is 9.90. The fourth-order valence-corrected chi connectivity index (χ4v) is 2.79. The van der Waals surface area contributed by atoms with Crippen LogP contribution in [-0.2, 0) is 0 Å². The normalized spacial score (nSPS) is 30.0. The van der Waals surface area contributed by atoms with Crippen LogP contribution < -0.4 is 0 Å². The van der Waals surface area contributed by atoms with E-state index in [-0.39, 0.29) is 24.4 Å². The molecule has 1 aliphatic heterocycles. The first-order valence-electron chi connectivity index (χ1n) is 6.11. The van der Waals surface area contributed by atoms with Crippen molar-refractivity contribution in [1.29, 1.82) is 0 Å². The predicted molar refractivity (Wildman–Crippen MR) is 59.2 cm³/mol. The highest BCUT2D eigenvalue weighted by Gasteiger charge is 2.51. The number of halogens is 3. The molecule has 0 aliphatic carbocycles. The van der Waals surface area contributed by atoms with Gasteiger partial charge >= 0.3 is 6.18 Å². The smallest absolute Gasteiger partial charge is 0.297 e. The van der Waals surface area contributed by atoms with Crippen molar-refractivity contribution in [3.05, 3.63) is 0 Å². The Kier molecular flexibility index (Phi) is 4.27. The average molecular weight is 237 g/mol. The number of hydrogen-bond acceptors (Lipinski definition) is 1. The van der Waals surface area contributed by atoms with Crippen LogP contribution >= 0.6 is 0 Å². The van der Waals surface area contributed by atoms with E-state index >= 15 is 0 Å². The van der Waals surface area contributed by atoms with E-state index in [4.69, 9.17) is 0 Å². The highest BCUT2D eigenvalue weighted by Crippen LogP contribution is 2.41. The Morgan fingerprint density at radius 2 is 1.81 bits per heavy atom. The molecule has 3 atom stereocenters. The van der Waals surface area contributed by atoms with Crippen LogP contribution in [0.1, 0.15) is 40.5 Å². The lowest BCUT2D eigenvalue weighted by Gasteiger charge is -2.35. The van der Waals surface area contributed by atoms with Gasteiger partial charge in [0.25, 0.3) is 0 Å². The summed E-state index contributed by atoms with van der Waals surface area (Å²) in [5, 5.41) is 0. The van der Waals surface area contributed by atoms with Crippen LogP contribution in [0, 0.1) is 11.8 Å². The highest BCUT2D eigenvalue weighted by atomic mass is 19.4. The molecule has 1 rings (SSSR count). The van der Waals surface area contributed by atoms with Gasteiger partial charge in [0.1, 0.15) is 0 Å². The molecular formula is C12H22F3N. The summed E-state index contributed by atoms with van der Waals surface area (Å²) in [7, 11) is 0. The van der Waals surface area contributed by atoms with Crippen molar-refractivity contribution >= 4 is 0 Å². The maximum Gasteiger partial charge on any atom is 0.393 e. The van der Waals surface area contributed by atoms with Gasteiger partial charge in [-0.3, -0.25) is 4.90 Å². The van der Waals surface area contributed by atoms with Gasteiger partial charge in [0.2, 0.25) is 0 Å². The molecule has 1 nitrogen and oxygen atoms in total. The molecule has 0 aromatic heterocycles. The lowest BCUT2D eigenvalue weighted by Crippen LogP contribution is -2.45. The maximum absolute atomic E-state index is 12.9. The van der Waals surface area contributed by atoms with E-state index < -0.39 is 12.1 Å². The average Bonchev–Trinajstić information content (AvgIpc) is 2.59. The largest absolute Gasteiger partial charge is 0.393 e. The van der Waals surface area contributed by atoms with Gasteiger partial charge < -0.3 is 0 Å². The van der Waals surface area contributed by atoms with Crippen LogP contribution in [0.3, 0.4) is 0 Å². The molecule has 96 valence electrons. The van der Waals surface area contributed by atoms with Gasteiger partial charge in [-0.25, -0.2) is 0 Å². The Morgan fingerprint density at radius 3 is 2.19 bits per heavy atom. The van der Waals surface area contributed by atoms with E-state index in [1.54, 1.807) is 0 Å². The van der Waals surface area contributed by atoms with Crippen LogP contribution in [0.15, 0.2) is 0 Å². The SMILES string of the molecule is CCC(C)N1CCC(C(F)(F)F)C1C(C)C. The first-order valence-corrected chi connectivity index (χ1v) is 6.11. The Balaban J connectivity index is 2.85. The number of likely N-dealkylation sites (tertiary alicyclic amines) is 1. The molecule has 4 heteroatoms. The summed E-state index contributed by atoms with van der Waals surface area (Å²) in [5.41, 5.74) is 0. The minimum Gasteiger partial charge on any atom is -0.297 e. The number of alkyl halides is 3. The van der Waals surface area contributed by atoms with Gasteiger partial charge in [-0.2, -0.15) is 13.2 Å². The van der Waals surface area contributed by atoms with Gasteiger partial charge in [0, 0.05) is 12.1 Å². The van der Waals surface area contributed by atoms with Crippen LogP contribution in [-0.4, -0.2) is 29.7 Å². The van der Waals surface area contributed by atoms with E-state index in [1.807, 2.05) is 32.6 Å². The zero-order valence-electron chi connectivity index (χ0n) is 10.5. The van der Waals surface area contributed by atoms with Gasteiger partial charge in [-0.1, -0.05) is 20.8 Å². The van der Waals surface area contributed by atoms with Crippen molar-refractivity contribution in [2.45, 2.75) is 58.8 Å². The molecule has 1 fully saturated rings. The number of hydrogen-bond donors (Lipinski definition) is 0. The Hall–Kier alpha value is -0.250. The molecule has 0 aromatic rings. The molecule has 1 saturated heterocycles. The number of rotatable bonds is 3. The molecule has 0 aromatic carbocycles. The van der Waals surface area contributed by atoms with E-state index in [0.29, 0.717) is 6.54 Å². The molecule has 0 N–H and O–H groups in total. The second-order valence-electron chi connectivity index (χ2n) is 5.17. The van der Waals surface area contributed by atoms with Crippen LogP contribution in [0.2, 0.25) is 0 Å². The zero-order chi connectivity index (χ0) is 12.5. The zero-order valence-corrected chi connectivity index (χ0v) is 10.5. The third-order valence-electron chi connectivity index (χ3n) is 3.75. The van der Waals surface area contributed by atoms with Crippen molar-refractivity contribution in [2.75, 3.05) is 6.54 Å². The molecular weight excluding hydrogens is 215 g/mol. The van der Waals surface area contributed by atoms with Crippen molar-refractivity contribution in [3.63, 3.8) is 0 Å². The molecule has 0 amide bonds. The first kappa shape index (κ1) is 13.8. The van der Waals surface area contributed by atoms with Crippen LogP contribution in [0.4, 0.5) is 13.2 Å². The highest BCUT2D eigenvalue weighted by molar-refractivity contribution is 4.94. The molecule has 0 spiro atoms. The third kappa shape index (κ3) is 2.70. The molecule has 3 unspecified atom stereocenters. The van der Waals surface area contributed by atoms with Crippen molar-refractivity contribution in [3.8, 4) is 0 Å². The third-order valence-corrected chi connectivity index (χ3v) is 3.75. The summed E-state index contributed by atoms with van der Waals surface area (Å²) in [6.07, 6.45) is -2.87. The van der Waals surface area contributed by atoms with Gasteiger partial charge in [0.05, 0.1) is 5.92 Å². The van der Waals surface area contributed by atoms with E-state index in [1.165, 1.54) is 0 Å². The lowest BCUT2D eigenvalue weighted by molar-refractivity contribution is -0.184. The molecule has 0 radical (unpaired) electrons. The summed E-state index contributed by atoms with van der Waals surface area (Å²) in [6, 6.07) is -0.0882. The molecule has 1 heterocycles. The predicted octanol–water partition coefficient (Wildman–Crippen LogP) is 3.69. The van der Waals surface area contributed by atoms with E-state index in [0.717, 1.165) is 6.42 Å². The second-order valence-corrected chi connectivity index (χ2v) is 5.17. The van der Waals surface area contributed by atoms with Gasteiger partial charge in [-0.15, -0.1) is 0 Å². The van der Waals surface area contributed by atoms with Gasteiger partial charge in [-0.05, 0) is 32.2 Å². The van der Waals surface area contributed by atoms with Crippen LogP contribution in [0.5, 0.6) is 0 Å². The molecule has 0 bridgehead atoms. The number of nitrogens with zero attached hydrogens (tertiary/aromatic N) is 1. The maximum atomic E-state index is 12.9. The standard InChI is InChI=1S/C12H22F3N/c1-5-9(4)16-7-6-10(12(13,14)15)11(16)8(2)3/h8-11H,5-7H2,1-4H3. The Labute approximate surface area is 96.0 Å². The second kappa shape index (κ2) is 4.94. The summed E-state index contributed by atoms with van der Waals surface area (Å²) in [4.78, 5) is 2.04. The van der Waals surface area contributed by atoms with Crippen LogP contribution in [0.25, 0.3) is 0 Å². The van der Waals surface area contributed by atoms with Crippen molar-refractivity contribution in [1.82, 2.24) is 4.90 Å². The summed E-state index contributed by atoms with van der Waals surface area (Å²) >= 11 is 0. The molecule has 16 heavy (non-hydrogen) atoms. The minimum absolute atomic E-state index is 0.0584. The fraction of sp³-hybridized carbons (Fsp3) is 1.00. The minimum atomic E-state index is -4.04. The topological polar surface area (TPSA) is 3.24 Å². The fourth-order valence-electron chi connectivity index (χ4n) is 2.79. The summed E-state index contributed by atoms with van der Waals surface area (Å²) in [5.74, 6) is -1.08. The van der Waals surface area contributed by atoms with E-state index in [9.17, 15) is 13.2 Å². The summed E-state index contributed by atoms with van der Waals surface area (Å²) < 4.78 is 38.7. The van der Waals surface area contributed by atoms with Crippen molar-refractivity contribution < 1.29 is 13.2 Å². The van der Waals surface area contributed by atoms with Crippen molar-refractivity contribution in [2.24, 2.45) is 11.8 Å². The Morgan fingerprint density at radius 1 is 1.25 bits per heavy atom. The molecule has 0 saturated carbocycles.